The molecule has 0 unspecified atom stereocenters. The van der Waals surface area contributed by atoms with E-state index in [0.717, 1.165) is 9.35 Å². The zero-order valence-corrected chi connectivity index (χ0v) is 13.8. The van der Waals surface area contributed by atoms with Crippen molar-refractivity contribution in [1.29, 1.82) is 0 Å². The first-order valence-electron chi connectivity index (χ1n) is 6.09. The zero-order chi connectivity index (χ0) is 14.4. The van der Waals surface area contributed by atoms with Crippen molar-refractivity contribution in [2.45, 2.75) is 13.1 Å². The minimum Gasteiger partial charge on any atom is -0.351 e. The van der Waals surface area contributed by atoms with E-state index in [1.165, 1.54) is 4.88 Å². The summed E-state index contributed by atoms with van der Waals surface area (Å²) in [6, 6.07) is 11.5. The Hall–Kier alpha value is -0.880. The number of rotatable bonds is 6. The molecule has 0 spiro atoms. The van der Waals surface area contributed by atoms with Crippen molar-refractivity contribution in [3.63, 3.8) is 0 Å². The molecule has 20 heavy (non-hydrogen) atoms. The van der Waals surface area contributed by atoms with Crippen LogP contribution in [0.2, 0.25) is 5.02 Å². The summed E-state index contributed by atoms with van der Waals surface area (Å²) in [5.41, 5.74) is 1.03. The number of thiophene rings is 1. The van der Waals surface area contributed by atoms with E-state index in [1.54, 1.807) is 11.3 Å². The Kier molecular flexibility index (Phi) is 6.04. The highest BCUT2D eigenvalue weighted by molar-refractivity contribution is 9.11. The summed E-state index contributed by atoms with van der Waals surface area (Å²) in [7, 11) is 0. The zero-order valence-electron chi connectivity index (χ0n) is 10.7. The summed E-state index contributed by atoms with van der Waals surface area (Å²) in [6.45, 7) is 1.52. The maximum Gasteiger partial charge on any atom is 0.234 e. The van der Waals surface area contributed by atoms with Gasteiger partial charge in [-0.05, 0) is 45.8 Å². The third-order valence-electron chi connectivity index (χ3n) is 2.62. The van der Waals surface area contributed by atoms with Crippen molar-refractivity contribution in [2.24, 2.45) is 0 Å². The van der Waals surface area contributed by atoms with Gasteiger partial charge in [0, 0.05) is 23.0 Å². The molecule has 1 aromatic carbocycles. The van der Waals surface area contributed by atoms with E-state index >= 15 is 0 Å². The van der Waals surface area contributed by atoms with Gasteiger partial charge in [0.05, 0.1) is 10.3 Å². The first kappa shape index (κ1) is 15.5. The average Bonchev–Trinajstić information content (AvgIpc) is 2.84. The van der Waals surface area contributed by atoms with Crippen LogP contribution in [0, 0.1) is 0 Å². The number of amides is 1. The summed E-state index contributed by atoms with van der Waals surface area (Å²) in [4.78, 5) is 12.9. The number of nitrogens with one attached hydrogen (secondary N) is 2. The summed E-state index contributed by atoms with van der Waals surface area (Å²) >= 11 is 10.9. The number of hydrogen-bond acceptors (Lipinski definition) is 3. The van der Waals surface area contributed by atoms with Gasteiger partial charge in [0.1, 0.15) is 0 Å². The monoisotopic (exact) mass is 372 g/mol. The fraction of sp³-hybridized carbons (Fsp3) is 0.214. The van der Waals surface area contributed by atoms with Crippen LogP contribution in [0.3, 0.4) is 0 Å². The highest BCUT2D eigenvalue weighted by Gasteiger charge is 2.02. The maximum absolute atomic E-state index is 11.7. The first-order valence-corrected chi connectivity index (χ1v) is 8.08. The molecule has 106 valence electrons. The van der Waals surface area contributed by atoms with Crippen LogP contribution >= 0.6 is 38.9 Å². The largest absolute Gasteiger partial charge is 0.351 e. The van der Waals surface area contributed by atoms with Gasteiger partial charge in [-0.1, -0.05) is 23.7 Å². The van der Waals surface area contributed by atoms with Crippen molar-refractivity contribution in [3.05, 3.63) is 55.6 Å². The van der Waals surface area contributed by atoms with E-state index in [2.05, 4.69) is 26.6 Å². The van der Waals surface area contributed by atoms with Gasteiger partial charge in [0.2, 0.25) is 5.91 Å². The summed E-state index contributed by atoms with van der Waals surface area (Å²) in [5, 5.41) is 6.67. The van der Waals surface area contributed by atoms with Crippen molar-refractivity contribution in [2.75, 3.05) is 6.54 Å². The molecule has 0 aliphatic heterocycles. The van der Waals surface area contributed by atoms with Crippen LogP contribution in [0.5, 0.6) is 0 Å². The lowest BCUT2D eigenvalue weighted by Crippen LogP contribution is -2.33. The predicted octanol–water partition coefficient (Wildman–Crippen LogP) is 3.57. The van der Waals surface area contributed by atoms with Crippen LogP contribution in [0.15, 0.2) is 40.2 Å². The molecule has 2 aromatic rings. The fourth-order valence-electron chi connectivity index (χ4n) is 1.61. The molecule has 3 nitrogen and oxygen atoms in total. The number of carbonyl (C=O) groups excluding carboxylic acids is 1. The summed E-state index contributed by atoms with van der Waals surface area (Å²) in [6.07, 6.45) is 0. The molecule has 0 aliphatic rings. The third-order valence-corrected chi connectivity index (χ3v) is 4.49. The van der Waals surface area contributed by atoms with E-state index in [4.69, 9.17) is 11.6 Å². The quantitative estimate of drug-likeness (QED) is 0.813. The molecule has 0 saturated heterocycles. The van der Waals surface area contributed by atoms with Crippen molar-refractivity contribution < 1.29 is 4.79 Å². The van der Waals surface area contributed by atoms with Gasteiger partial charge in [-0.3, -0.25) is 4.79 Å². The molecule has 2 N–H and O–H groups in total. The van der Waals surface area contributed by atoms with Crippen LogP contribution < -0.4 is 10.6 Å². The second-order valence-electron chi connectivity index (χ2n) is 4.21. The molecule has 0 fully saturated rings. The van der Waals surface area contributed by atoms with E-state index in [0.29, 0.717) is 24.7 Å². The Morgan fingerprint density at radius 2 is 1.90 bits per heavy atom. The molecule has 0 aliphatic carbocycles. The molecular weight excluding hydrogens is 360 g/mol. The number of hydrogen-bond donors (Lipinski definition) is 2. The SMILES string of the molecule is O=C(CNCc1ccc(Br)s1)NCc1ccc(Cl)cc1. The Morgan fingerprint density at radius 1 is 1.15 bits per heavy atom. The van der Waals surface area contributed by atoms with Gasteiger partial charge in [0.25, 0.3) is 0 Å². The Morgan fingerprint density at radius 3 is 2.55 bits per heavy atom. The summed E-state index contributed by atoms with van der Waals surface area (Å²) < 4.78 is 1.10. The minimum atomic E-state index is -0.0180. The van der Waals surface area contributed by atoms with E-state index in [-0.39, 0.29) is 5.91 Å². The normalized spacial score (nSPS) is 10.5. The molecular formula is C14H14BrClN2OS. The summed E-state index contributed by atoms with van der Waals surface area (Å²) in [5.74, 6) is -0.0180. The predicted molar refractivity (Wildman–Crippen MR) is 87.0 cm³/mol. The van der Waals surface area contributed by atoms with Gasteiger partial charge < -0.3 is 10.6 Å². The van der Waals surface area contributed by atoms with Gasteiger partial charge in [-0.2, -0.15) is 0 Å². The molecule has 0 radical (unpaired) electrons. The topological polar surface area (TPSA) is 41.1 Å². The Bertz CT molecular complexity index is 571. The Balaban J connectivity index is 1.66. The van der Waals surface area contributed by atoms with Gasteiger partial charge in [-0.15, -0.1) is 11.3 Å². The van der Waals surface area contributed by atoms with Crippen molar-refractivity contribution in [3.8, 4) is 0 Å². The van der Waals surface area contributed by atoms with E-state index in [9.17, 15) is 4.79 Å². The van der Waals surface area contributed by atoms with Gasteiger partial charge >= 0.3 is 0 Å². The molecule has 1 amide bonds. The standard InChI is InChI=1S/C14H14BrClN2OS/c15-13-6-5-12(20-13)8-17-9-14(19)18-7-10-1-3-11(16)4-2-10/h1-6,17H,7-9H2,(H,18,19). The maximum atomic E-state index is 11.7. The molecule has 0 saturated carbocycles. The molecule has 2 rings (SSSR count). The lowest BCUT2D eigenvalue weighted by Gasteiger charge is -2.06. The second kappa shape index (κ2) is 7.78. The van der Waals surface area contributed by atoms with Gasteiger partial charge in [-0.25, -0.2) is 0 Å². The highest BCUT2D eigenvalue weighted by atomic mass is 79.9. The molecule has 1 aromatic heterocycles. The lowest BCUT2D eigenvalue weighted by atomic mass is 10.2. The third kappa shape index (κ3) is 5.25. The molecule has 6 heteroatoms. The van der Waals surface area contributed by atoms with Crippen molar-refractivity contribution >= 4 is 44.8 Å². The van der Waals surface area contributed by atoms with Crippen LogP contribution in [0.4, 0.5) is 0 Å². The van der Waals surface area contributed by atoms with Gasteiger partial charge in [0.15, 0.2) is 0 Å². The van der Waals surface area contributed by atoms with Crippen LogP contribution in [0.25, 0.3) is 0 Å². The Labute approximate surface area is 135 Å². The molecule has 0 bridgehead atoms. The van der Waals surface area contributed by atoms with Crippen molar-refractivity contribution in [1.82, 2.24) is 10.6 Å². The van der Waals surface area contributed by atoms with E-state index < -0.39 is 0 Å². The minimum absolute atomic E-state index is 0.0180. The smallest absolute Gasteiger partial charge is 0.234 e. The molecule has 0 atom stereocenters. The second-order valence-corrected chi connectivity index (χ2v) is 7.20. The first-order chi connectivity index (χ1) is 9.63. The fourth-order valence-corrected chi connectivity index (χ4v) is 3.19. The highest BCUT2D eigenvalue weighted by Crippen LogP contribution is 2.21. The van der Waals surface area contributed by atoms with Crippen LogP contribution in [-0.4, -0.2) is 12.5 Å². The number of carbonyl (C=O) groups is 1. The number of halogens is 2. The lowest BCUT2D eigenvalue weighted by molar-refractivity contribution is -0.120. The number of benzene rings is 1. The van der Waals surface area contributed by atoms with E-state index in [1.807, 2.05) is 36.4 Å². The van der Waals surface area contributed by atoms with Crippen LogP contribution in [0.1, 0.15) is 10.4 Å². The average molecular weight is 374 g/mol. The molecule has 1 heterocycles. The van der Waals surface area contributed by atoms with Crippen LogP contribution in [-0.2, 0) is 17.9 Å².